The molecule has 0 radical (unpaired) electrons. The summed E-state index contributed by atoms with van der Waals surface area (Å²) in [6.07, 6.45) is 3.28. The molecule has 0 saturated heterocycles. The summed E-state index contributed by atoms with van der Waals surface area (Å²) in [7, 11) is 0. The van der Waals surface area contributed by atoms with Crippen LogP contribution in [-0.4, -0.2) is 24.2 Å². The molecule has 3 heteroatoms. The van der Waals surface area contributed by atoms with E-state index in [-0.39, 0.29) is 11.8 Å². The molecule has 0 aromatic heterocycles. The molecule has 1 atom stereocenters. The normalized spacial score (nSPS) is 13.8. The molecule has 0 fully saturated rings. The zero-order chi connectivity index (χ0) is 12.6. The molecule has 0 amide bonds. The van der Waals surface area contributed by atoms with Crippen LogP contribution < -0.4 is 5.32 Å². The highest BCUT2D eigenvalue weighted by molar-refractivity contribution is 5.66. The minimum atomic E-state index is -0.694. The summed E-state index contributed by atoms with van der Waals surface area (Å²) >= 11 is 0. The first-order valence-electron chi connectivity index (χ1n) is 6.30. The first-order chi connectivity index (χ1) is 7.37. The zero-order valence-corrected chi connectivity index (χ0v) is 11.2. The van der Waals surface area contributed by atoms with Crippen LogP contribution in [0.15, 0.2) is 0 Å². The number of rotatable bonds is 9. The lowest BCUT2D eigenvalue weighted by Gasteiger charge is -2.24. The summed E-state index contributed by atoms with van der Waals surface area (Å²) < 4.78 is 0. The molecule has 0 aromatic carbocycles. The maximum absolute atomic E-state index is 10.5. The molecule has 0 aliphatic heterocycles. The van der Waals surface area contributed by atoms with Crippen LogP contribution in [0.4, 0.5) is 0 Å². The molecule has 0 aromatic rings. The van der Waals surface area contributed by atoms with E-state index in [0.717, 1.165) is 31.8 Å². The Bertz CT molecular complexity index is 202. The zero-order valence-electron chi connectivity index (χ0n) is 11.2. The number of nitrogens with one attached hydrogen (secondary N) is 1. The fourth-order valence-corrected chi connectivity index (χ4v) is 1.49. The van der Waals surface area contributed by atoms with Crippen molar-refractivity contribution in [3.63, 3.8) is 0 Å². The maximum Gasteiger partial charge on any atom is 0.303 e. The van der Waals surface area contributed by atoms with Crippen molar-refractivity contribution in [3.8, 4) is 0 Å². The van der Waals surface area contributed by atoms with Crippen molar-refractivity contribution in [3.05, 3.63) is 0 Å². The topological polar surface area (TPSA) is 49.3 Å². The lowest BCUT2D eigenvalue weighted by molar-refractivity contribution is -0.137. The van der Waals surface area contributed by atoms with E-state index >= 15 is 0 Å². The second-order valence-electron chi connectivity index (χ2n) is 5.53. The quantitative estimate of drug-likeness (QED) is 0.598. The van der Waals surface area contributed by atoms with Gasteiger partial charge < -0.3 is 10.4 Å². The van der Waals surface area contributed by atoms with Gasteiger partial charge in [-0.2, -0.15) is 0 Å². The lowest BCUT2D eigenvalue weighted by atomic mass is 9.84. The maximum atomic E-state index is 10.5. The fourth-order valence-electron chi connectivity index (χ4n) is 1.49. The Kier molecular flexibility index (Phi) is 7.39. The van der Waals surface area contributed by atoms with E-state index in [1.54, 1.807) is 0 Å². The highest BCUT2D eigenvalue weighted by atomic mass is 16.4. The van der Waals surface area contributed by atoms with E-state index in [4.69, 9.17) is 5.11 Å². The van der Waals surface area contributed by atoms with Crippen LogP contribution >= 0.6 is 0 Å². The predicted octanol–water partition coefficient (Wildman–Crippen LogP) is 2.90. The Hall–Kier alpha value is -0.570. The van der Waals surface area contributed by atoms with E-state index in [9.17, 15) is 4.79 Å². The second-order valence-corrected chi connectivity index (χ2v) is 5.53. The van der Waals surface area contributed by atoms with Gasteiger partial charge in [-0.05, 0) is 37.3 Å². The van der Waals surface area contributed by atoms with Crippen LogP contribution in [-0.2, 0) is 4.79 Å². The van der Waals surface area contributed by atoms with Crippen LogP contribution in [0.3, 0.4) is 0 Å². The van der Waals surface area contributed by atoms with Crippen molar-refractivity contribution in [2.45, 2.75) is 53.4 Å². The molecular weight excluding hydrogens is 202 g/mol. The molecular formula is C13H27NO2. The Morgan fingerprint density at radius 3 is 2.50 bits per heavy atom. The first-order valence-corrected chi connectivity index (χ1v) is 6.30. The molecule has 96 valence electrons. The Balaban J connectivity index is 3.61. The molecule has 0 saturated carbocycles. The summed E-state index contributed by atoms with van der Waals surface area (Å²) in [5.41, 5.74) is 0.126. The van der Waals surface area contributed by atoms with E-state index in [0.29, 0.717) is 0 Å². The third-order valence-corrected chi connectivity index (χ3v) is 3.18. The molecule has 1 unspecified atom stereocenters. The van der Waals surface area contributed by atoms with Crippen molar-refractivity contribution < 1.29 is 9.90 Å². The van der Waals surface area contributed by atoms with Gasteiger partial charge in [-0.1, -0.05) is 34.1 Å². The number of carboxylic acids is 1. The van der Waals surface area contributed by atoms with Crippen molar-refractivity contribution in [1.29, 1.82) is 0 Å². The minimum Gasteiger partial charge on any atom is -0.481 e. The van der Waals surface area contributed by atoms with Crippen LogP contribution in [0.1, 0.15) is 53.4 Å². The minimum absolute atomic E-state index is 0.126. The van der Waals surface area contributed by atoms with Gasteiger partial charge in [0.2, 0.25) is 0 Å². The molecule has 0 spiro atoms. The average Bonchev–Trinajstić information content (AvgIpc) is 2.21. The summed E-state index contributed by atoms with van der Waals surface area (Å²) in [4.78, 5) is 10.5. The van der Waals surface area contributed by atoms with Gasteiger partial charge in [0, 0.05) is 6.42 Å². The summed E-state index contributed by atoms with van der Waals surface area (Å²) in [6.45, 7) is 10.8. The lowest BCUT2D eigenvalue weighted by Crippen LogP contribution is -2.26. The summed E-state index contributed by atoms with van der Waals surface area (Å²) in [5.74, 6) is 0.0303. The smallest absolute Gasteiger partial charge is 0.303 e. The number of hydrogen-bond acceptors (Lipinski definition) is 2. The van der Waals surface area contributed by atoms with E-state index in [2.05, 4.69) is 33.0 Å². The van der Waals surface area contributed by atoms with E-state index < -0.39 is 5.97 Å². The van der Waals surface area contributed by atoms with E-state index in [1.807, 2.05) is 0 Å². The third kappa shape index (κ3) is 8.72. The van der Waals surface area contributed by atoms with E-state index in [1.165, 1.54) is 6.42 Å². The number of aliphatic carboxylic acids is 1. The van der Waals surface area contributed by atoms with Crippen LogP contribution in [0.25, 0.3) is 0 Å². The van der Waals surface area contributed by atoms with Gasteiger partial charge in [-0.15, -0.1) is 0 Å². The SMILES string of the molecule is CCC(C)CNCCC(C)(C)CCC(=O)O. The Labute approximate surface area is 99.6 Å². The number of hydrogen-bond donors (Lipinski definition) is 2. The van der Waals surface area contributed by atoms with Crippen molar-refractivity contribution in [2.24, 2.45) is 11.3 Å². The van der Waals surface area contributed by atoms with Gasteiger partial charge >= 0.3 is 5.97 Å². The number of carbonyl (C=O) groups is 1. The fraction of sp³-hybridized carbons (Fsp3) is 0.923. The molecule has 0 rings (SSSR count). The Morgan fingerprint density at radius 2 is 2.00 bits per heavy atom. The van der Waals surface area contributed by atoms with Gasteiger partial charge in [-0.3, -0.25) is 4.79 Å². The molecule has 0 aliphatic carbocycles. The monoisotopic (exact) mass is 229 g/mol. The van der Waals surface area contributed by atoms with Crippen LogP contribution in [0, 0.1) is 11.3 Å². The molecule has 0 aliphatic rings. The summed E-state index contributed by atoms with van der Waals surface area (Å²) in [5, 5.41) is 12.1. The predicted molar refractivity (Wildman–Crippen MR) is 67.6 cm³/mol. The molecule has 16 heavy (non-hydrogen) atoms. The highest BCUT2D eigenvalue weighted by Gasteiger charge is 2.18. The van der Waals surface area contributed by atoms with Gasteiger partial charge in [0.15, 0.2) is 0 Å². The average molecular weight is 229 g/mol. The van der Waals surface area contributed by atoms with Gasteiger partial charge in [0.05, 0.1) is 0 Å². The van der Waals surface area contributed by atoms with Crippen molar-refractivity contribution in [1.82, 2.24) is 5.32 Å². The third-order valence-electron chi connectivity index (χ3n) is 3.18. The van der Waals surface area contributed by atoms with Gasteiger partial charge in [0.1, 0.15) is 0 Å². The Morgan fingerprint density at radius 1 is 1.38 bits per heavy atom. The largest absolute Gasteiger partial charge is 0.481 e. The van der Waals surface area contributed by atoms with Gasteiger partial charge in [-0.25, -0.2) is 0 Å². The number of carboxylic acid groups (broad SMARTS) is 1. The van der Waals surface area contributed by atoms with Crippen molar-refractivity contribution >= 4 is 5.97 Å². The summed E-state index contributed by atoms with van der Waals surface area (Å²) in [6, 6.07) is 0. The molecule has 0 heterocycles. The highest BCUT2D eigenvalue weighted by Crippen LogP contribution is 2.25. The molecule has 0 bridgehead atoms. The second kappa shape index (κ2) is 7.66. The van der Waals surface area contributed by atoms with Crippen LogP contribution in [0.5, 0.6) is 0 Å². The molecule has 3 nitrogen and oxygen atoms in total. The van der Waals surface area contributed by atoms with Crippen LogP contribution in [0.2, 0.25) is 0 Å². The standard InChI is InChI=1S/C13H27NO2/c1-5-11(2)10-14-9-8-13(3,4)7-6-12(15)16/h11,14H,5-10H2,1-4H3,(H,15,16). The first kappa shape index (κ1) is 15.4. The molecule has 2 N–H and O–H groups in total. The van der Waals surface area contributed by atoms with Gasteiger partial charge in [0.25, 0.3) is 0 Å². The van der Waals surface area contributed by atoms with Crippen molar-refractivity contribution in [2.75, 3.05) is 13.1 Å².